The van der Waals surface area contributed by atoms with Gasteiger partial charge in [0.1, 0.15) is 5.82 Å². The van der Waals surface area contributed by atoms with Gasteiger partial charge in [-0.2, -0.15) is 4.98 Å². The third kappa shape index (κ3) is 3.81. The molecule has 0 bridgehead atoms. The van der Waals surface area contributed by atoms with Gasteiger partial charge in [-0.25, -0.2) is 9.97 Å². The van der Waals surface area contributed by atoms with Gasteiger partial charge in [-0.1, -0.05) is 6.92 Å². The standard InChI is InChI=1S/C20H25N7O/c1-4-16-13-17(23-18(22-16)14-5-9-21-10-6-14)27-11-7-15(8-12-27)19-24-20(25-28-19)26(2)3/h5-6,9-10,13,15H,4,7-8,11-12H2,1-3H3. The number of aromatic nitrogens is 5. The minimum atomic E-state index is 0.296. The van der Waals surface area contributed by atoms with Crippen molar-refractivity contribution in [2.75, 3.05) is 37.0 Å². The summed E-state index contributed by atoms with van der Waals surface area (Å²) in [4.78, 5) is 22.3. The quantitative estimate of drug-likeness (QED) is 0.669. The van der Waals surface area contributed by atoms with Gasteiger partial charge in [0.15, 0.2) is 5.82 Å². The van der Waals surface area contributed by atoms with Gasteiger partial charge < -0.3 is 14.3 Å². The zero-order valence-electron chi connectivity index (χ0n) is 16.5. The molecule has 0 unspecified atom stereocenters. The Kier molecular flexibility index (Phi) is 5.18. The Hall–Kier alpha value is -3.03. The van der Waals surface area contributed by atoms with Gasteiger partial charge in [-0.3, -0.25) is 4.98 Å². The maximum Gasteiger partial charge on any atom is 0.265 e. The predicted octanol–water partition coefficient (Wildman–Crippen LogP) is 2.93. The second-order valence-corrected chi connectivity index (χ2v) is 7.22. The van der Waals surface area contributed by atoms with Crippen LogP contribution in [0.1, 0.15) is 37.3 Å². The Morgan fingerprint density at radius 1 is 1.11 bits per heavy atom. The monoisotopic (exact) mass is 379 g/mol. The van der Waals surface area contributed by atoms with Crippen LogP contribution in [-0.2, 0) is 6.42 Å². The van der Waals surface area contributed by atoms with Crippen LogP contribution in [0.4, 0.5) is 11.8 Å². The van der Waals surface area contributed by atoms with Crippen molar-refractivity contribution < 1.29 is 4.52 Å². The Morgan fingerprint density at radius 2 is 1.86 bits per heavy atom. The fourth-order valence-corrected chi connectivity index (χ4v) is 3.39. The average Bonchev–Trinajstić information content (AvgIpc) is 3.25. The van der Waals surface area contributed by atoms with Crippen LogP contribution in [0.15, 0.2) is 35.1 Å². The molecular formula is C20H25N7O. The molecule has 4 heterocycles. The molecule has 4 rings (SSSR count). The molecule has 0 amide bonds. The number of nitrogens with zero attached hydrogens (tertiary/aromatic N) is 7. The molecule has 28 heavy (non-hydrogen) atoms. The van der Waals surface area contributed by atoms with Crippen LogP contribution in [0, 0.1) is 0 Å². The minimum absolute atomic E-state index is 0.296. The maximum absolute atomic E-state index is 5.47. The zero-order valence-corrected chi connectivity index (χ0v) is 16.5. The van der Waals surface area contributed by atoms with Crippen molar-refractivity contribution in [1.82, 2.24) is 25.1 Å². The molecular weight excluding hydrogens is 354 g/mol. The third-order valence-corrected chi connectivity index (χ3v) is 5.07. The fraction of sp³-hybridized carbons (Fsp3) is 0.450. The summed E-state index contributed by atoms with van der Waals surface area (Å²) in [5.74, 6) is 3.40. The van der Waals surface area contributed by atoms with Gasteiger partial charge in [-0.15, -0.1) is 0 Å². The molecule has 1 aliphatic rings. The number of rotatable bonds is 5. The Labute approximate surface area is 164 Å². The summed E-state index contributed by atoms with van der Waals surface area (Å²) in [6.07, 6.45) is 6.35. The van der Waals surface area contributed by atoms with E-state index in [0.29, 0.717) is 11.9 Å². The van der Waals surface area contributed by atoms with Crippen LogP contribution in [0.3, 0.4) is 0 Å². The molecule has 0 spiro atoms. The van der Waals surface area contributed by atoms with E-state index in [4.69, 9.17) is 14.5 Å². The molecule has 0 aliphatic carbocycles. The summed E-state index contributed by atoms with van der Waals surface area (Å²) in [5.41, 5.74) is 2.04. The normalized spacial score (nSPS) is 15.0. The first kappa shape index (κ1) is 18.3. The number of anilines is 2. The summed E-state index contributed by atoms with van der Waals surface area (Å²) >= 11 is 0. The van der Waals surface area contributed by atoms with E-state index in [9.17, 15) is 0 Å². The first-order valence-electron chi connectivity index (χ1n) is 9.68. The SMILES string of the molecule is CCc1cc(N2CCC(c3nc(N(C)C)no3)CC2)nc(-c2ccncc2)n1. The highest BCUT2D eigenvalue weighted by Gasteiger charge is 2.26. The molecule has 3 aromatic heterocycles. The minimum Gasteiger partial charge on any atom is -0.356 e. The smallest absolute Gasteiger partial charge is 0.265 e. The van der Waals surface area contributed by atoms with Gasteiger partial charge in [0, 0.05) is 62.8 Å². The van der Waals surface area contributed by atoms with E-state index >= 15 is 0 Å². The van der Waals surface area contributed by atoms with Crippen molar-refractivity contribution >= 4 is 11.8 Å². The zero-order chi connectivity index (χ0) is 19.5. The molecule has 146 valence electrons. The van der Waals surface area contributed by atoms with E-state index in [2.05, 4.69) is 33.0 Å². The van der Waals surface area contributed by atoms with Gasteiger partial charge >= 0.3 is 0 Å². The first-order valence-corrected chi connectivity index (χ1v) is 9.68. The van der Waals surface area contributed by atoms with Gasteiger partial charge in [0.2, 0.25) is 5.89 Å². The van der Waals surface area contributed by atoms with Crippen molar-refractivity contribution in [3.8, 4) is 11.4 Å². The van der Waals surface area contributed by atoms with E-state index in [1.54, 1.807) is 12.4 Å². The Morgan fingerprint density at radius 3 is 2.50 bits per heavy atom. The number of piperidine rings is 1. The fourth-order valence-electron chi connectivity index (χ4n) is 3.39. The largest absolute Gasteiger partial charge is 0.356 e. The van der Waals surface area contributed by atoms with Gasteiger partial charge in [0.25, 0.3) is 5.95 Å². The summed E-state index contributed by atoms with van der Waals surface area (Å²) < 4.78 is 5.47. The van der Waals surface area contributed by atoms with Gasteiger partial charge in [0.05, 0.1) is 0 Å². The summed E-state index contributed by atoms with van der Waals surface area (Å²) in [6, 6.07) is 5.99. The summed E-state index contributed by atoms with van der Waals surface area (Å²) in [6.45, 7) is 3.92. The van der Waals surface area contributed by atoms with Crippen molar-refractivity contribution in [1.29, 1.82) is 0 Å². The number of hydrogen-bond donors (Lipinski definition) is 0. The van der Waals surface area contributed by atoms with E-state index in [0.717, 1.165) is 61.1 Å². The summed E-state index contributed by atoms with van der Waals surface area (Å²) in [5, 5.41) is 4.04. The van der Waals surface area contributed by atoms with E-state index in [-0.39, 0.29) is 0 Å². The second kappa shape index (κ2) is 7.92. The van der Waals surface area contributed by atoms with Crippen molar-refractivity contribution in [3.05, 3.63) is 42.2 Å². The molecule has 0 atom stereocenters. The molecule has 0 aromatic carbocycles. The van der Waals surface area contributed by atoms with Crippen molar-refractivity contribution in [2.24, 2.45) is 0 Å². The second-order valence-electron chi connectivity index (χ2n) is 7.22. The summed E-state index contributed by atoms with van der Waals surface area (Å²) in [7, 11) is 3.83. The highest BCUT2D eigenvalue weighted by atomic mass is 16.5. The number of hydrogen-bond acceptors (Lipinski definition) is 8. The molecule has 3 aromatic rings. The molecule has 1 fully saturated rings. The van der Waals surface area contributed by atoms with Gasteiger partial charge in [-0.05, 0) is 36.6 Å². The number of aryl methyl sites for hydroxylation is 1. The lowest BCUT2D eigenvalue weighted by molar-refractivity contribution is 0.329. The van der Waals surface area contributed by atoms with E-state index in [1.165, 1.54) is 0 Å². The average molecular weight is 379 g/mol. The van der Waals surface area contributed by atoms with Crippen molar-refractivity contribution in [3.63, 3.8) is 0 Å². The topological polar surface area (TPSA) is 84.1 Å². The van der Waals surface area contributed by atoms with E-state index < -0.39 is 0 Å². The third-order valence-electron chi connectivity index (χ3n) is 5.07. The van der Waals surface area contributed by atoms with Crippen LogP contribution in [0.25, 0.3) is 11.4 Å². The highest BCUT2D eigenvalue weighted by Crippen LogP contribution is 2.30. The molecule has 0 radical (unpaired) electrons. The maximum atomic E-state index is 5.47. The van der Waals surface area contributed by atoms with Crippen LogP contribution >= 0.6 is 0 Å². The molecule has 1 aliphatic heterocycles. The molecule has 0 N–H and O–H groups in total. The van der Waals surface area contributed by atoms with Crippen LogP contribution in [0.5, 0.6) is 0 Å². The van der Waals surface area contributed by atoms with Crippen molar-refractivity contribution in [2.45, 2.75) is 32.1 Å². The Balaban J connectivity index is 1.51. The van der Waals surface area contributed by atoms with Crippen LogP contribution in [-0.4, -0.2) is 52.3 Å². The lowest BCUT2D eigenvalue weighted by Crippen LogP contribution is -2.33. The lowest BCUT2D eigenvalue weighted by Gasteiger charge is -2.31. The number of pyridine rings is 1. The molecule has 8 heteroatoms. The molecule has 0 saturated carbocycles. The predicted molar refractivity (Wildman–Crippen MR) is 107 cm³/mol. The first-order chi connectivity index (χ1) is 13.6. The highest BCUT2D eigenvalue weighted by molar-refractivity contribution is 5.57. The molecule has 8 nitrogen and oxygen atoms in total. The van der Waals surface area contributed by atoms with E-state index in [1.807, 2.05) is 31.1 Å². The van der Waals surface area contributed by atoms with Crippen LogP contribution < -0.4 is 9.80 Å². The van der Waals surface area contributed by atoms with Crippen LogP contribution in [0.2, 0.25) is 0 Å². The molecule has 1 saturated heterocycles. The Bertz CT molecular complexity index is 917. The lowest BCUT2D eigenvalue weighted by atomic mass is 9.97.